The molecule has 1 amide bonds. The number of carbonyl (C=O) groups is 2. The molecule has 1 heterocycles. The number of aliphatic carboxylic acids is 1. The third-order valence-electron chi connectivity index (χ3n) is 1.67. The molecule has 7 nitrogen and oxygen atoms in total. The van der Waals surface area contributed by atoms with Gasteiger partial charge in [-0.05, 0) is 12.1 Å². The summed E-state index contributed by atoms with van der Waals surface area (Å²) in [6.45, 7) is 0. The number of nitrogens with two attached hydrogens (primary N) is 1. The normalized spacial score (nSPS) is 11.5. The Bertz CT molecular complexity index is 437. The number of hydrogen-bond donors (Lipinski definition) is 4. The number of aromatic nitrogens is 1. The maximum atomic E-state index is 11.6. The van der Waals surface area contributed by atoms with Crippen LogP contribution in [-0.2, 0) is 4.79 Å². The van der Waals surface area contributed by atoms with E-state index in [4.69, 9.17) is 16.2 Å². The van der Waals surface area contributed by atoms with Crippen molar-refractivity contribution in [3.05, 3.63) is 30.1 Å². The average Bonchev–Trinajstić information content (AvgIpc) is 2.28. The molecule has 0 saturated carbocycles. The number of pyridine rings is 1. The minimum Gasteiger partial charge on any atom is -0.479 e. The van der Waals surface area contributed by atoms with E-state index < -0.39 is 17.3 Å². The van der Waals surface area contributed by atoms with Gasteiger partial charge in [0.25, 0.3) is 5.91 Å². The van der Waals surface area contributed by atoms with Crippen LogP contribution in [0.2, 0.25) is 0 Å². The predicted molar refractivity (Wildman–Crippen MR) is 62.6 cm³/mol. The SMILES string of the molecule is N=C(N)SC(NC(=O)c1ccncc1)C(=O)O. The molecule has 1 unspecified atom stereocenters. The van der Waals surface area contributed by atoms with Gasteiger partial charge in [0.05, 0.1) is 0 Å². The molecule has 0 saturated heterocycles. The fourth-order valence-electron chi connectivity index (χ4n) is 0.974. The van der Waals surface area contributed by atoms with Gasteiger partial charge in [0.15, 0.2) is 10.5 Å². The van der Waals surface area contributed by atoms with Crippen molar-refractivity contribution in [2.75, 3.05) is 0 Å². The Morgan fingerprint density at radius 1 is 1.47 bits per heavy atom. The van der Waals surface area contributed by atoms with Crippen molar-refractivity contribution in [3.8, 4) is 0 Å². The first-order valence-electron chi connectivity index (χ1n) is 4.45. The van der Waals surface area contributed by atoms with Crippen molar-refractivity contribution in [2.24, 2.45) is 5.73 Å². The Morgan fingerprint density at radius 2 is 2.06 bits per heavy atom. The molecule has 8 heteroatoms. The number of thioether (sulfide) groups is 1. The highest BCUT2D eigenvalue weighted by atomic mass is 32.2. The number of amidine groups is 1. The van der Waals surface area contributed by atoms with Crippen LogP contribution in [0.4, 0.5) is 0 Å². The van der Waals surface area contributed by atoms with Crippen LogP contribution in [0, 0.1) is 5.41 Å². The maximum absolute atomic E-state index is 11.6. The van der Waals surface area contributed by atoms with Gasteiger partial charge in [0.2, 0.25) is 0 Å². The average molecular weight is 254 g/mol. The molecule has 0 spiro atoms. The lowest BCUT2D eigenvalue weighted by molar-refractivity contribution is -0.136. The molecule has 0 aromatic carbocycles. The molecular weight excluding hydrogens is 244 g/mol. The van der Waals surface area contributed by atoms with Crippen LogP contribution < -0.4 is 11.1 Å². The predicted octanol–water partition coefficient (Wildman–Crippen LogP) is -0.151. The number of carbonyl (C=O) groups excluding carboxylic acids is 1. The van der Waals surface area contributed by atoms with E-state index in [1.807, 2.05) is 0 Å². The second-order valence-electron chi connectivity index (χ2n) is 2.91. The Morgan fingerprint density at radius 3 is 2.53 bits per heavy atom. The molecular formula is C9H10N4O3S. The third-order valence-corrected chi connectivity index (χ3v) is 2.48. The molecule has 90 valence electrons. The lowest BCUT2D eigenvalue weighted by Gasteiger charge is -2.12. The first kappa shape index (κ1) is 13.0. The van der Waals surface area contributed by atoms with E-state index in [2.05, 4.69) is 10.3 Å². The van der Waals surface area contributed by atoms with Gasteiger partial charge in [-0.1, -0.05) is 11.8 Å². The van der Waals surface area contributed by atoms with Crippen LogP contribution in [0.1, 0.15) is 10.4 Å². The second-order valence-corrected chi connectivity index (χ2v) is 4.06. The Hall–Kier alpha value is -2.09. The van der Waals surface area contributed by atoms with Crippen molar-refractivity contribution in [3.63, 3.8) is 0 Å². The number of hydrogen-bond acceptors (Lipinski definition) is 5. The molecule has 17 heavy (non-hydrogen) atoms. The fourth-order valence-corrected chi connectivity index (χ4v) is 1.49. The number of nitrogens with zero attached hydrogens (tertiary/aromatic N) is 1. The van der Waals surface area contributed by atoms with Gasteiger partial charge < -0.3 is 16.2 Å². The lowest BCUT2D eigenvalue weighted by atomic mass is 10.2. The Kier molecular flexibility index (Phi) is 4.46. The topological polar surface area (TPSA) is 129 Å². The van der Waals surface area contributed by atoms with Crippen LogP contribution in [0.25, 0.3) is 0 Å². The zero-order valence-corrected chi connectivity index (χ0v) is 9.40. The Labute approximate surface area is 101 Å². The van der Waals surface area contributed by atoms with Gasteiger partial charge >= 0.3 is 5.97 Å². The second kappa shape index (κ2) is 5.85. The van der Waals surface area contributed by atoms with E-state index in [1.165, 1.54) is 24.5 Å². The van der Waals surface area contributed by atoms with E-state index in [0.717, 1.165) is 0 Å². The minimum atomic E-state index is -1.28. The van der Waals surface area contributed by atoms with Gasteiger partial charge in [-0.3, -0.25) is 15.2 Å². The summed E-state index contributed by atoms with van der Waals surface area (Å²) in [4.78, 5) is 26.2. The van der Waals surface area contributed by atoms with Crippen LogP contribution in [-0.4, -0.2) is 32.5 Å². The van der Waals surface area contributed by atoms with Crippen LogP contribution >= 0.6 is 11.8 Å². The summed E-state index contributed by atoms with van der Waals surface area (Å²) in [6.07, 6.45) is 2.84. The summed E-state index contributed by atoms with van der Waals surface area (Å²) in [5.41, 5.74) is 5.35. The van der Waals surface area contributed by atoms with Crippen LogP contribution in [0.15, 0.2) is 24.5 Å². The summed E-state index contributed by atoms with van der Waals surface area (Å²) in [7, 11) is 0. The van der Waals surface area contributed by atoms with Crippen LogP contribution in [0.5, 0.6) is 0 Å². The van der Waals surface area contributed by atoms with Gasteiger partial charge in [-0.15, -0.1) is 0 Å². The highest BCUT2D eigenvalue weighted by Crippen LogP contribution is 2.08. The molecule has 0 bridgehead atoms. The van der Waals surface area contributed by atoms with Gasteiger partial charge in [0, 0.05) is 18.0 Å². The van der Waals surface area contributed by atoms with Gasteiger partial charge in [-0.2, -0.15) is 0 Å². The zero-order valence-electron chi connectivity index (χ0n) is 8.58. The van der Waals surface area contributed by atoms with Crippen molar-refractivity contribution < 1.29 is 14.7 Å². The summed E-state index contributed by atoms with van der Waals surface area (Å²) in [5.74, 6) is -1.83. The van der Waals surface area contributed by atoms with E-state index in [9.17, 15) is 9.59 Å². The highest BCUT2D eigenvalue weighted by molar-refractivity contribution is 8.14. The molecule has 0 fully saturated rings. The number of amides is 1. The summed E-state index contributed by atoms with van der Waals surface area (Å²) in [6, 6.07) is 2.90. The molecule has 1 atom stereocenters. The summed E-state index contributed by atoms with van der Waals surface area (Å²) in [5, 5.41) is 16.4. The zero-order chi connectivity index (χ0) is 12.8. The number of rotatable bonds is 4. The van der Waals surface area contributed by atoms with Crippen molar-refractivity contribution in [1.29, 1.82) is 5.41 Å². The highest BCUT2D eigenvalue weighted by Gasteiger charge is 2.22. The minimum absolute atomic E-state index is 0.287. The first-order valence-corrected chi connectivity index (χ1v) is 5.33. The van der Waals surface area contributed by atoms with Gasteiger partial charge in [-0.25, -0.2) is 4.79 Å². The third kappa shape index (κ3) is 4.11. The molecule has 0 radical (unpaired) electrons. The Balaban J connectivity index is 2.71. The van der Waals surface area contributed by atoms with E-state index >= 15 is 0 Å². The van der Waals surface area contributed by atoms with Gasteiger partial charge in [0.1, 0.15) is 0 Å². The van der Waals surface area contributed by atoms with Crippen LogP contribution in [0.3, 0.4) is 0 Å². The standard InChI is InChI=1S/C9H10N4O3S/c10-9(11)17-7(8(15)16)13-6(14)5-1-3-12-4-2-5/h1-4,7H,(H3,10,11)(H,13,14)(H,15,16). The molecule has 1 aromatic heterocycles. The quantitative estimate of drug-likeness (QED) is 0.336. The largest absolute Gasteiger partial charge is 0.479 e. The van der Waals surface area contributed by atoms with Crippen molar-refractivity contribution >= 4 is 28.8 Å². The van der Waals surface area contributed by atoms with Crippen molar-refractivity contribution in [1.82, 2.24) is 10.3 Å². The maximum Gasteiger partial charge on any atom is 0.337 e. The summed E-state index contributed by atoms with van der Waals surface area (Å²) < 4.78 is 0. The van der Waals surface area contributed by atoms with E-state index in [1.54, 1.807) is 0 Å². The van der Waals surface area contributed by atoms with E-state index in [-0.39, 0.29) is 10.7 Å². The molecule has 0 aliphatic heterocycles. The number of nitrogens with one attached hydrogen (secondary N) is 2. The molecule has 0 aliphatic carbocycles. The molecule has 1 aromatic rings. The van der Waals surface area contributed by atoms with Crippen molar-refractivity contribution in [2.45, 2.75) is 5.37 Å². The number of carboxylic acid groups (broad SMARTS) is 1. The lowest BCUT2D eigenvalue weighted by Crippen LogP contribution is -2.39. The smallest absolute Gasteiger partial charge is 0.337 e. The molecule has 1 rings (SSSR count). The fraction of sp³-hybridized carbons (Fsp3) is 0.111. The monoisotopic (exact) mass is 254 g/mol. The molecule has 5 N–H and O–H groups in total. The molecule has 0 aliphatic rings. The van der Waals surface area contributed by atoms with E-state index in [0.29, 0.717) is 11.8 Å². The number of carboxylic acids is 1. The summed E-state index contributed by atoms with van der Waals surface area (Å²) >= 11 is 0.545. The first-order chi connectivity index (χ1) is 8.00.